The molecule has 2 N–H and O–H groups in total. The first-order valence-electron chi connectivity index (χ1n) is 7.27. The van der Waals surface area contributed by atoms with Crippen LogP contribution < -0.4 is 5.32 Å². The van der Waals surface area contributed by atoms with Gasteiger partial charge in [-0.1, -0.05) is 44.2 Å². The van der Waals surface area contributed by atoms with Crippen molar-refractivity contribution in [1.29, 1.82) is 0 Å². The quantitative estimate of drug-likeness (QED) is 0.820. The predicted octanol–water partition coefficient (Wildman–Crippen LogP) is 4.12. The Labute approximate surface area is 110 Å². The SMILES string of the molecule is CC(O)c1cccc(NCCC2CCCCC2)c1. The summed E-state index contributed by atoms with van der Waals surface area (Å²) in [5.41, 5.74) is 2.11. The zero-order valence-electron chi connectivity index (χ0n) is 11.4. The third kappa shape index (κ3) is 4.02. The van der Waals surface area contributed by atoms with E-state index in [9.17, 15) is 5.11 Å². The number of aliphatic hydroxyl groups is 1. The first-order chi connectivity index (χ1) is 8.75. The summed E-state index contributed by atoms with van der Waals surface area (Å²) >= 11 is 0. The summed E-state index contributed by atoms with van der Waals surface area (Å²) < 4.78 is 0. The number of nitrogens with one attached hydrogen (secondary N) is 1. The van der Waals surface area contributed by atoms with Crippen molar-refractivity contribution >= 4 is 5.69 Å². The minimum Gasteiger partial charge on any atom is -0.389 e. The number of aliphatic hydroxyl groups excluding tert-OH is 1. The lowest BCUT2D eigenvalue weighted by molar-refractivity contribution is 0.199. The van der Waals surface area contributed by atoms with Gasteiger partial charge in [0.1, 0.15) is 0 Å². The van der Waals surface area contributed by atoms with Gasteiger partial charge in [-0.25, -0.2) is 0 Å². The Morgan fingerprint density at radius 1 is 1.28 bits per heavy atom. The van der Waals surface area contributed by atoms with Crippen molar-refractivity contribution in [3.05, 3.63) is 29.8 Å². The van der Waals surface area contributed by atoms with Crippen molar-refractivity contribution in [2.75, 3.05) is 11.9 Å². The molecule has 1 saturated carbocycles. The van der Waals surface area contributed by atoms with Crippen LogP contribution in [-0.4, -0.2) is 11.7 Å². The highest BCUT2D eigenvalue weighted by Gasteiger charge is 2.12. The van der Waals surface area contributed by atoms with E-state index in [0.717, 1.165) is 23.7 Å². The second-order valence-corrected chi connectivity index (χ2v) is 5.52. The standard InChI is InChI=1S/C16H25NO/c1-13(18)15-8-5-9-16(12-15)17-11-10-14-6-3-2-4-7-14/h5,8-9,12-14,17-18H,2-4,6-7,10-11H2,1H3. The van der Waals surface area contributed by atoms with Gasteiger partial charge in [0, 0.05) is 12.2 Å². The van der Waals surface area contributed by atoms with Crippen LogP contribution in [0.1, 0.15) is 57.1 Å². The van der Waals surface area contributed by atoms with Gasteiger partial charge < -0.3 is 10.4 Å². The van der Waals surface area contributed by atoms with Crippen molar-refractivity contribution < 1.29 is 5.11 Å². The van der Waals surface area contributed by atoms with Gasteiger partial charge in [0.25, 0.3) is 0 Å². The molecular formula is C16H25NO. The van der Waals surface area contributed by atoms with Gasteiger partial charge in [0.15, 0.2) is 0 Å². The van der Waals surface area contributed by atoms with Crippen LogP contribution >= 0.6 is 0 Å². The highest BCUT2D eigenvalue weighted by atomic mass is 16.3. The summed E-state index contributed by atoms with van der Waals surface area (Å²) in [4.78, 5) is 0. The van der Waals surface area contributed by atoms with Crippen LogP contribution in [-0.2, 0) is 0 Å². The number of anilines is 1. The average Bonchev–Trinajstić information content (AvgIpc) is 2.40. The molecule has 0 bridgehead atoms. The van der Waals surface area contributed by atoms with E-state index in [1.54, 1.807) is 6.92 Å². The van der Waals surface area contributed by atoms with Crippen LogP contribution in [0.25, 0.3) is 0 Å². The molecule has 1 aliphatic rings. The van der Waals surface area contributed by atoms with E-state index in [0.29, 0.717) is 0 Å². The van der Waals surface area contributed by atoms with E-state index < -0.39 is 0 Å². The van der Waals surface area contributed by atoms with Crippen molar-refractivity contribution in [2.24, 2.45) is 5.92 Å². The van der Waals surface area contributed by atoms with Crippen molar-refractivity contribution in [2.45, 2.75) is 51.6 Å². The van der Waals surface area contributed by atoms with Gasteiger partial charge >= 0.3 is 0 Å². The van der Waals surface area contributed by atoms with E-state index in [4.69, 9.17) is 0 Å². The molecule has 1 fully saturated rings. The van der Waals surface area contributed by atoms with E-state index in [-0.39, 0.29) is 6.10 Å². The van der Waals surface area contributed by atoms with Gasteiger partial charge in [-0.15, -0.1) is 0 Å². The van der Waals surface area contributed by atoms with Gasteiger partial charge in [-0.3, -0.25) is 0 Å². The molecule has 100 valence electrons. The van der Waals surface area contributed by atoms with Crippen LogP contribution in [0.2, 0.25) is 0 Å². The smallest absolute Gasteiger partial charge is 0.0762 e. The summed E-state index contributed by atoms with van der Waals surface area (Å²) in [6.45, 7) is 2.86. The van der Waals surface area contributed by atoms with E-state index >= 15 is 0 Å². The highest BCUT2D eigenvalue weighted by molar-refractivity contribution is 5.46. The molecule has 0 aliphatic heterocycles. The molecule has 0 amide bonds. The van der Waals surface area contributed by atoms with Gasteiger partial charge in [-0.05, 0) is 37.0 Å². The van der Waals surface area contributed by atoms with Crippen LogP contribution in [0.4, 0.5) is 5.69 Å². The zero-order valence-corrected chi connectivity index (χ0v) is 11.4. The molecule has 0 aromatic heterocycles. The summed E-state index contributed by atoms with van der Waals surface area (Å²) in [5, 5.41) is 13.0. The fourth-order valence-electron chi connectivity index (χ4n) is 2.80. The maximum Gasteiger partial charge on any atom is 0.0762 e. The van der Waals surface area contributed by atoms with Crippen molar-refractivity contribution in [3.63, 3.8) is 0 Å². The summed E-state index contributed by atoms with van der Waals surface area (Å²) in [7, 11) is 0. The average molecular weight is 247 g/mol. The molecule has 0 radical (unpaired) electrons. The van der Waals surface area contributed by atoms with Crippen LogP contribution in [0.15, 0.2) is 24.3 Å². The lowest BCUT2D eigenvalue weighted by atomic mass is 9.87. The zero-order chi connectivity index (χ0) is 12.8. The molecule has 2 rings (SSSR count). The van der Waals surface area contributed by atoms with E-state index in [2.05, 4.69) is 11.4 Å². The molecule has 0 spiro atoms. The molecule has 1 aromatic carbocycles. The summed E-state index contributed by atoms with van der Waals surface area (Å²) in [6.07, 6.45) is 7.99. The van der Waals surface area contributed by atoms with Gasteiger partial charge in [0.05, 0.1) is 6.10 Å². The Hall–Kier alpha value is -1.02. The van der Waals surface area contributed by atoms with Gasteiger partial charge in [-0.2, -0.15) is 0 Å². The Bertz CT molecular complexity index is 356. The second-order valence-electron chi connectivity index (χ2n) is 5.52. The first-order valence-corrected chi connectivity index (χ1v) is 7.27. The van der Waals surface area contributed by atoms with Crippen LogP contribution in [0.5, 0.6) is 0 Å². The Morgan fingerprint density at radius 3 is 2.78 bits per heavy atom. The molecule has 2 heteroatoms. The number of hydrogen-bond donors (Lipinski definition) is 2. The monoisotopic (exact) mass is 247 g/mol. The topological polar surface area (TPSA) is 32.3 Å². The molecule has 1 unspecified atom stereocenters. The number of hydrogen-bond acceptors (Lipinski definition) is 2. The third-order valence-electron chi connectivity index (χ3n) is 3.98. The van der Waals surface area contributed by atoms with E-state index in [1.165, 1.54) is 38.5 Å². The normalized spacial score (nSPS) is 18.6. The molecule has 1 aromatic rings. The van der Waals surface area contributed by atoms with Crippen molar-refractivity contribution in [3.8, 4) is 0 Å². The van der Waals surface area contributed by atoms with Crippen LogP contribution in [0.3, 0.4) is 0 Å². The molecule has 18 heavy (non-hydrogen) atoms. The summed E-state index contributed by atoms with van der Waals surface area (Å²) in [5.74, 6) is 0.922. The van der Waals surface area contributed by atoms with E-state index in [1.807, 2.05) is 18.2 Å². The Balaban J connectivity index is 1.77. The largest absolute Gasteiger partial charge is 0.389 e. The molecule has 0 saturated heterocycles. The molecule has 0 heterocycles. The van der Waals surface area contributed by atoms with Gasteiger partial charge in [0.2, 0.25) is 0 Å². The molecule has 2 nitrogen and oxygen atoms in total. The maximum atomic E-state index is 9.55. The maximum absolute atomic E-state index is 9.55. The number of rotatable bonds is 5. The fourth-order valence-corrected chi connectivity index (χ4v) is 2.80. The Morgan fingerprint density at radius 2 is 2.06 bits per heavy atom. The highest BCUT2D eigenvalue weighted by Crippen LogP contribution is 2.26. The third-order valence-corrected chi connectivity index (χ3v) is 3.98. The predicted molar refractivity (Wildman–Crippen MR) is 76.8 cm³/mol. The minimum atomic E-state index is -0.384. The molecular weight excluding hydrogens is 222 g/mol. The lowest BCUT2D eigenvalue weighted by Gasteiger charge is -2.21. The fraction of sp³-hybridized carbons (Fsp3) is 0.625. The van der Waals surface area contributed by atoms with Crippen LogP contribution in [0, 0.1) is 5.92 Å². The Kier molecular flexibility index (Phi) is 5.06. The molecule has 1 aliphatic carbocycles. The summed E-state index contributed by atoms with van der Waals surface area (Å²) in [6, 6.07) is 8.10. The lowest BCUT2D eigenvalue weighted by Crippen LogP contribution is -2.12. The number of benzene rings is 1. The second kappa shape index (κ2) is 6.79. The first kappa shape index (κ1) is 13.4. The minimum absolute atomic E-state index is 0.384. The van der Waals surface area contributed by atoms with Crippen molar-refractivity contribution in [1.82, 2.24) is 0 Å². The molecule has 1 atom stereocenters.